The van der Waals surface area contributed by atoms with Crippen LogP contribution < -0.4 is 4.90 Å². The van der Waals surface area contributed by atoms with E-state index in [1.165, 1.54) is 12.1 Å². The number of nitro groups is 1. The average Bonchev–Trinajstić information content (AvgIpc) is 2.87. The van der Waals surface area contributed by atoms with Gasteiger partial charge in [0.1, 0.15) is 6.04 Å². The normalized spacial score (nSPS) is 18.1. The quantitative estimate of drug-likeness (QED) is 0.485. The number of rotatable bonds is 4. The van der Waals surface area contributed by atoms with Gasteiger partial charge in [-0.15, -0.1) is 0 Å². The topological polar surface area (TPSA) is 72.7 Å². The van der Waals surface area contributed by atoms with Gasteiger partial charge in [0.25, 0.3) is 5.69 Å². The van der Waals surface area contributed by atoms with E-state index in [2.05, 4.69) is 0 Å². The maximum absolute atomic E-state index is 11.9. The highest BCUT2D eigenvalue weighted by molar-refractivity contribution is 6.33. The SMILES string of the molecule is CCOC(=O)C1CCCN1c1ccc([N+](=O)[O-])cc1Cl. The first kappa shape index (κ1) is 14.6. The molecule has 0 bridgehead atoms. The number of hydrogen-bond acceptors (Lipinski definition) is 5. The van der Waals surface area contributed by atoms with Gasteiger partial charge in [0.15, 0.2) is 0 Å². The maximum Gasteiger partial charge on any atom is 0.328 e. The third-order valence-electron chi connectivity index (χ3n) is 3.26. The van der Waals surface area contributed by atoms with Gasteiger partial charge in [0, 0.05) is 18.7 Å². The molecular weight excluding hydrogens is 284 g/mol. The number of carbonyl (C=O) groups excluding carboxylic acids is 1. The standard InChI is InChI=1S/C13H15ClN2O4/c1-2-20-13(17)12-4-3-7-15(12)11-6-5-9(16(18)19)8-10(11)14/h5-6,8,12H,2-4,7H2,1H3. The molecule has 0 saturated carbocycles. The number of nitro benzene ring substituents is 1. The second-order valence-electron chi connectivity index (χ2n) is 4.50. The lowest BCUT2D eigenvalue weighted by Gasteiger charge is -2.25. The molecule has 1 fully saturated rings. The van der Waals surface area contributed by atoms with E-state index in [0.717, 1.165) is 6.42 Å². The van der Waals surface area contributed by atoms with Gasteiger partial charge in [-0.05, 0) is 25.8 Å². The van der Waals surface area contributed by atoms with Crippen molar-refractivity contribution in [1.29, 1.82) is 0 Å². The molecule has 108 valence electrons. The molecular formula is C13H15ClN2O4. The predicted octanol–water partition coefficient (Wildman–Crippen LogP) is 2.78. The van der Waals surface area contributed by atoms with Gasteiger partial charge in [-0.2, -0.15) is 0 Å². The van der Waals surface area contributed by atoms with E-state index >= 15 is 0 Å². The first-order valence-electron chi connectivity index (χ1n) is 6.41. The highest BCUT2D eigenvalue weighted by atomic mass is 35.5. The summed E-state index contributed by atoms with van der Waals surface area (Å²) in [6.07, 6.45) is 1.56. The third kappa shape index (κ3) is 2.85. The smallest absolute Gasteiger partial charge is 0.328 e. The molecule has 1 aliphatic heterocycles. The number of carbonyl (C=O) groups is 1. The Bertz CT molecular complexity index is 535. The monoisotopic (exact) mass is 298 g/mol. The summed E-state index contributed by atoms with van der Waals surface area (Å²) in [5.41, 5.74) is 0.568. The minimum atomic E-state index is -0.498. The second kappa shape index (κ2) is 6.09. The van der Waals surface area contributed by atoms with E-state index in [4.69, 9.17) is 16.3 Å². The van der Waals surface area contributed by atoms with Crippen LogP contribution in [0, 0.1) is 10.1 Å². The summed E-state index contributed by atoms with van der Waals surface area (Å²) in [5.74, 6) is -0.278. The van der Waals surface area contributed by atoms with Crippen LogP contribution in [0.5, 0.6) is 0 Å². The van der Waals surface area contributed by atoms with E-state index in [-0.39, 0.29) is 22.7 Å². The number of esters is 1. The molecule has 2 rings (SSSR count). The van der Waals surface area contributed by atoms with Gasteiger partial charge in [0.05, 0.1) is 22.2 Å². The minimum Gasteiger partial charge on any atom is -0.464 e. The molecule has 1 atom stereocenters. The van der Waals surface area contributed by atoms with Crippen molar-refractivity contribution < 1.29 is 14.5 Å². The summed E-state index contributed by atoms with van der Waals surface area (Å²) in [5, 5.41) is 11.0. The fraction of sp³-hybridized carbons (Fsp3) is 0.462. The first-order chi connectivity index (χ1) is 9.54. The van der Waals surface area contributed by atoms with Gasteiger partial charge in [-0.1, -0.05) is 11.6 Å². The first-order valence-corrected chi connectivity index (χ1v) is 6.79. The van der Waals surface area contributed by atoms with E-state index in [1.807, 2.05) is 4.90 Å². The van der Waals surface area contributed by atoms with Crippen LogP contribution in [0.15, 0.2) is 18.2 Å². The fourth-order valence-electron chi connectivity index (χ4n) is 2.38. The molecule has 0 radical (unpaired) electrons. The van der Waals surface area contributed by atoms with Gasteiger partial charge < -0.3 is 9.64 Å². The molecule has 0 amide bonds. The number of halogens is 1. The van der Waals surface area contributed by atoms with Crippen LogP contribution in [0.1, 0.15) is 19.8 Å². The molecule has 20 heavy (non-hydrogen) atoms. The summed E-state index contributed by atoms with van der Waals surface area (Å²) in [4.78, 5) is 24.0. The largest absolute Gasteiger partial charge is 0.464 e. The Hall–Kier alpha value is -1.82. The van der Waals surface area contributed by atoms with Gasteiger partial charge >= 0.3 is 5.97 Å². The van der Waals surface area contributed by atoms with Crippen LogP contribution in [0.2, 0.25) is 5.02 Å². The molecule has 0 aromatic heterocycles. The Morgan fingerprint density at radius 3 is 2.95 bits per heavy atom. The number of benzene rings is 1. The van der Waals surface area contributed by atoms with Crippen LogP contribution in [0.3, 0.4) is 0 Å². The zero-order chi connectivity index (χ0) is 14.7. The van der Waals surface area contributed by atoms with Crippen LogP contribution in [0.4, 0.5) is 11.4 Å². The predicted molar refractivity (Wildman–Crippen MR) is 75.1 cm³/mol. The molecule has 1 aromatic carbocycles. The molecule has 6 nitrogen and oxygen atoms in total. The zero-order valence-corrected chi connectivity index (χ0v) is 11.8. The molecule has 1 aromatic rings. The summed E-state index contributed by atoms with van der Waals surface area (Å²) in [6, 6.07) is 3.91. The van der Waals surface area contributed by atoms with Crippen molar-refractivity contribution in [3.05, 3.63) is 33.3 Å². The lowest BCUT2D eigenvalue weighted by molar-refractivity contribution is -0.384. The van der Waals surface area contributed by atoms with Crippen LogP contribution >= 0.6 is 11.6 Å². The van der Waals surface area contributed by atoms with Crippen molar-refractivity contribution in [3.63, 3.8) is 0 Å². The van der Waals surface area contributed by atoms with Gasteiger partial charge in [-0.25, -0.2) is 4.79 Å². The van der Waals surface area contributed by atoms with Crippen molar-refractivity contribution in [3.8, 4) is 0 Å². The lowest BCUT2D eigenvalue weighted by atomic mass is 10.2. The van der Waals surface area contributed by atoms with Gasteiger partial charge in [-0.3, -0.25) is 10.1 Å². The molecule has 1 heterocycles. The van der Waals surface area contributed by atoms with Gasteiger partial charge in [0.2, 0.25) is 0 Å². The molecule has 0 spiro atoms. The number of ether oxygens (including phenoxy) is 1. The maximum atomic E-state index is 11.9. The Balaban J connectivity index is 2.26. The highest BCUT2D eigenvalue weighted by Crippen LogP contribution is 2.34. The van der Waals surface area contributed by atoms with Crippen LogP contribution in [0.25, 0.3) is 0 Å². The van der Waals surface area contributed by atoms with Crippen molar-refractivity contribution in [2.45, 2.75) is 25.8 Å². The molecule has 1 aliphatic rings. The number of hydrogen-bond donors (Lipinski definition) is 0. The van der Waals surface area contributed by atoms with E-state index < -0.39 is 4.92 Å². The third-order valence-corrected chi connectivity index (χ3v) is 3.57. The number of nitrogens with zero attached hydrogens (tertiary/aromatic N) is 2. The Labute approximate surface area is 121 Å². The zero-order valence-electron chi connectivity index (χ0n) is 11.0. The van der Waals surface area contributed by atoms with Crippen molar-refractivity contribution in [1.82, 2.24) is 0 Å². The van der Waals surface area contributed by atoms with E-state index in [9.17, 15) is 14.9 Å². The Morgan fingerprint density at radius 1 is 1.60 bits per heavy atom. The van der Waals surface area contributed by atoms with Crippen LogP contribution in [-0.4, -0.2) is 30.1 Å². The Kier molecular flexibility index (Phi) is 4.44. The molecule has 0 aliphatic carbocycles. The van der Waals surface area contributed by atoms with Crippen molar-refractivity contribution in [2.75, 3.05) is 18.1 Å². The fourth-order valence-corrected chi connectivity index (χ4v) is 2.66. The minimum absolute atomic E-state index is 0.0642. The second-order valence-corrected chi connectivity index (χ2v) is 4.90. The molecule has 1 saturated heterocycles. The number of non-ortho nitro benzene ring substituents is 1. The van der Waals surface area contributed by atoms with Crippen molar-refractivity contribution in [2.24, 2.45) is 0 Å². The molecule has 0 N–H and O–H groups in total. The van der Waals surface area contributed by atoms with Crippen LogP contribution in [-0.2, 0) is 9.53 Å². The number of anilines is 1. The summed E-state index contributed by atoms with van der Waals surface area (Å²) in [7, 11) is 0. The van der Waals surface area contributed by atoms with E-state index in [1.54, 1.807) is 13.0 Å². The highest BCUT2D eigenvalue weighted by Gasteiger charge is 2.33. The lowest BCUT2D eigenvalue weighted by Crippen LogP contribution is -2.37. The summed E-state index contributed by atoms with van der Waals surface area (Å²) >= 11 is 6.10. The molecule has 1 unspecified atom stereocenters. The summed E-state index contributed by atoms with van der Waals surface area (Å²) in [6.45, 7) is 2.77. The Morgan fingerprint density at radius 2 is 2.35 bits per heavy atom. The molecule has 7 heteroatoms. The average molecular weight is 299 g/mol. The summed E-state index contributed by atoms with van der Waals surface area (Å²) < 4.78 is 5.05. The van der Waals surface area contributed by atoms with Crippen molar-refractivity contribution >= 4 is 28.9 Å². The van der Waals surface area contributed by atoms with E-state index in [0.29, 0.717) is 25.3 Å².